The van der Waals surface area contributed by atoms with Crippen molar-refractivity contribution in [2.24, 2.45) is 5.73 Å². The van der Waals surface area contributed by atoms with Gasteiger partial charge in [0.15, 0.2) is 11.6 Å². The van der Waals surface area contributed by atoms with Crippen LogP contribution in [0.15, 0.2) is 36.4 Å². The number of aromatic nitrogens is 2. The second kappa shape index (κ2) is 13.2. The van der Waals surface area contributed by atoms with E-state index in [0.717, 1.165) is 12.1 Å². The van der Waals surface area contributed by atoms with Crippen LogP contribution in [0.5, 0.6) is 11.5 Å². The molecule has 4 rings (SSSR count). The second-order valence-corrected chi connectivity index (χ2v) is 10.8. The van der Waals surface area contributed by atoms with Crippen molar-refractivity contribution in [3.8, 4) is 22.8 Å². The van der Waals surface area contributed by atoms with E-state index in [0.29, 0.717) is 22.7 Å². The Kier molecular flexibility index (Phi) is 9.95. The molecule has 9 nitrogen and oxygen atoms in total. The van der Waals surface area contributed by atoms with Crippen LogP contribution < -0.4 is 20.5 Å². The predicted octanol–water partition coefficient (Wildman–Crippen LogP) is 5.81. The smallest absolute Gasteiger partial charge is 0.424 e. The highest BCUT2D eigenvalue weighted by molar-refractivity contribution is 6.32. The number of rotatable bonds is 10. The van der Waals surface area contributed by atoms with Crippen molar-refractivity contribution < 1.29 is 46.1 Å². The number of aliphatic hydroxyl groups is 1. The summed E-state index contributed by atoms with van der Waals surface area (Å²) in [5.74, 6) is -5.07. The van der Waals surface area contributed by atoms with Gasteiger partial charge in [-0.05, 0) is 50.2 Å². The molecule has 0 radical (unpaired) electrons. The van der Waals surface area contributed by atoms with Crippen LogP contribution in [0.2, 0.25) is 10.0 Å². The fourth-order valence-corrected chi connectivity index (χ4v) is 4.93. The molecule has 4 N–H and O–H groups in total. The van der Waals surface area contributed by atoms with Gasteiger partial charge in [0.1, 0.15) is 22.7 Å². The summed E-state index contributed by atoms with van der Waals surface area (Å²) in [7, 11) is 1.31. The predicted molar refractivity (Wildman–Crippen MR) is 159 cm³/mol. The van der Waals surface area contributed by atoms with Crippen molar-refractivity contribution in [1.82, 2.24) is 15.3 Å². The molecule has 16 heteroatoms. The van der Waals surface area contributed by atoms with Gasteiger partial charge in [-0.2, -0.15) is 13.2 Å². The third-order valence-corrected chi connectivity index (χ3v) is 7.51. The summed E-state index contributed by atoms with van der Waals surface area (Å²) in [6.07, 6.45) is -6.17. The number of benzene rings is 2. The van der Waals surface area contributed by atoms with Gasteiger partial charge in [-0.3, -0.25) is 9.59 Å². The molecule has 0 unspecified atom stereocenters. The van der Waals surface area contributed by atoms with E-state index in [1.165, 1.54) is 32.2 Å². The van der Waals surface area contributed by atoms with Crippen LogP contribution in [0, 0.1) is 18.6 Å². The molecule has 1 atom stereocenters. The Bertz CT molecular complexity index is 1830. The van der Waals surface area contributed by atoms with E-state index in [2.05, 4.69) is 15.3 Å². The van der Waals surface area contributed by atoms with Crippen molar-refractivity contribution >= 4 is 45.9 Å². The lowest BCUT2D eigenvalue weighted by Crippen LogP contribution is -2.51. The largest absolute Gasteiger partial charge is 0.494 e. The number of hydrogen-bond donors (Lipinski definition) is 3. The number of alkyl halides is 3. The molecule has 4 aromatic rings. The number of carbonyl (C=O) groups excluding carboxylic acids is 2. The highest BCUT2D eigenvalue weighted by Gasteiger charge is 2.56. The number of nitrogens with zero attached hydrogens (tertiary/aromatic N) is 2. The highest BCUT2D eigenvalue weighted by atomic mass is 35.5. The Morgan fingerprint density at radius 1 is 1.04 bits per heavy atom. The minimum absolute atomic E-state index is 0.0910. The first kappa shape index (κ1) is 34.6. The molecule has 2 amide bonds. The third kappa shape index (κ3) is 6.78. The molecule has 2 heterocycles. The molecular weight excluding hydrogens is 662 g/mol. The zero-order valence-corrected chi connectivity index (χ0v) is 25.8. The zero-order chi connectivity index (χ0) is 34.1. The van der Waals surface area contributed by atoms with Crippen LogP contribution >= 0.6 is 23.2 Å². The molecule has 0 aliphatic heterocycles. The number of aryl methyl sites for hydroxylation is 1. The lowest BCUT2D eigenvalue weighted by molar-refractivity contribution is -0.265. The summed E-state index contributed by atoms with van der Waals surface area (Å²) in [6, 6.07) is 6.29. The van der Waals surface area contributed by atoms with Gasteiger partial charge in [0.25, 0.3) is 5.91 Å². The normalized spacial score (nSPS) is 12.9. The molecule has 0 spiro atoms. The van der Waals surface area contributed by atoms with Crippen LogP contribution in [-0.4, -0.2) is 53.3 Å². The lowest BCUT2D eigenvalue weighted by atomic mass is 9.93. The van der Waals surface area contributed by atoms with Crippen molar-refractivity contribution in [3.63, 3.8) is 0 Å². The lowest BCUT2D eigenvalue weighted by Gasteiger charge is -2.31. The minimum Gasteiger partial charge on any atom is -0.494 e. The highest BCUT2D eigenvalue weighted by Crippen LogP contribution is 2.42. The van der Waals surface area contributed by atoms with Gasteiger partial charge >= 0.3 is 6.18 Å². The molecule has 0 saturated carbocycles. The van der Waals surface area contributed by atoms with Crippen LogP contribution in [0.4, 0.5) is 22.0 Å². The van der Waals surface area contributed by atoms with Crippen molar-refractivity contribution in [2.75, 3.05) is 20.3 Å². The van der Waals surface area contributed by atoms with Crippen LogP contribution in [-0.2, 0) is 16.8 Å². The number of fused-ring (bicyclic) bond motifs is 1. The summed E-state index contributed by atoms with van der Waals surface area (Å²) in [4.78, 5) is 33.3. The average molecular weight is 687 g/mol. The van der Waals surface area contributed by atoms with Crippen molar-refractivity contribution in [1.29, 1.82) is 0 Å². The molecular formula is C30H25Cl2F5N4O5. The van der Waals surface area contributed by atoms with Gasteiger partial charge in [0.2, 0.25) is 11.5 Å². The Balaban J connectivity index is 1.84. The van der Waals surface area contributed by atoms with E-state index in [4.69, 9.17) is 38.4 Å². The molecule has 0 bridgehead atoms. The standard InChI is InChI=1S/C30H25Cl2F5N4O5/c1-4-46-27-16(11-23(38)42)10-22(41-26(27)15-7-19(32)24(34)20(33)8-15)29(44,30(35,36)37)12-39-28(43)17-5-14-6-18(31)13(2)40-25(14)21(9-17)45-3/h5-10,44H,4,11-12H2,1-3H3,(H2,38,42)(H,39,43)/t29-/m0/s1. The quantitative estimate of drug-likeness (QED) is 0.142. The van der Waals surface area contributed by atoms with Gasteiger partial charge in [-0.1, -0.05) is 23.2 Å². The fourth-order valence-electron chi connectivity index (χ4n) is 4.56. The van der Waals surface area contributed by atoms with Crippen LogP contribution in [0.1, 0.15) is 34.2 Å². The summed E-state index contributed by atoms with van der Waals surface area (Å²) in [5.41, 5.74) is -0.112. The maximum absolute atomic E-state index is 14.7. The van der Waals surface area contributed by atoms with E-state index in [9.17, 15) is 36.6 Å². The Morgan fingerprint density at radius 2 is 1.74 bits per heavy atom. The first-order valence-corrected chi connectivity index (χ1v) is 14.1. The summed E-state index contributed by atoms with van der Waals surface area (Å²) >= 11 is 11.9. The number of carbonyl (C=O) groups is 2. The van der Waals surface area contributed by atoms with E-state index >= 15 is 0 Å². The van der Waals surface area contributed by atoms with Gasteiger partial charge < -0.3 is 25.6 Å². The summed E-state index contributed by atoms with van der Waals surface area (Å²) < 4.78 is 83.2. The third-order valence-electron chi connectivity index (χ3n) is 6.85. The van der Waals surface area contributed by atoms with E-state index < -0.39 is 64.6 Å². The topological polar surface area (TPSA) is 137 Å². The Hall–Kier alpha value is -4.27. The number of amides is 2. The maximum Gasteiger partial charge on any atom is 0.424 e. The Labute approximate surface area is 268 Å². The number of hydrogen-bond acceptors (Lipinski definition) is 7. The number of primary amides is 1. The molecule has 0 saturated heterocycles. The van der Waals surface area contributed by atoms with E-state index in [-0.39, 0.29) is 39.8 Å². The molecule has 0 aliphatic carbocycles. The van der Waals surface area contributed by atoms with Gasteiger partial charge in [-0.25, -0.2) is 18.7 Å². The average Bonchev–Trinajstić information content (AvgIpc) is 2.98. The number of ether oxygens (including phenoxy) is 2. The molecule has 46 heavy (non-hydrogen) atoms. The first-order chi connectivity index (χ1) is 21.5. The Morgan fingerprint density at radius 3 is 2.33 bits per heavy atom. The van der Waals surface area contributed by atoms with Gasteiger partial charge in [-0.15, -0.1) is 0 Å². The van der Waals surface area contributed by atoms with Crippen molar-refractivity contribution in [3.05, 3.63) is 80.6 Å². The minimum atomic E-state index is -5.48. The fraction of sp³-hybridized carbons (Fsp3) is 0.267. The van der Waals surface area contributed by atoms with E-state index in [1.54, 1.807) is 6.92 Å². The van der Waals surface area contributed by atoms with E-state index in [1.807, 2.05) is 0 Å². The first-order valence-electron chi connectivity index (χ1n) is 13.3. The molecule has 2 aromatic carbocycles. The maximum atomic E-state index is 14.7. The van der Waals surface area contributed by atoms with Crippen molar-refractivity contribution in [2.45, 2.75) is 32.0 Å². The monoisotopic (exact) mass is 686 g/mol. The number of nitrogens with one attached hydrogen (secondary N) is 1. The van der Waals surface area contributed by atoms with Gasteiger partial charge in [0.05, 0.1) is 48.1 Å². The molecule has 2 aromatic heterocycles. The molecule has 0 fully saturated rings. The number of pyridine rings is 2. The SMILES string of the molecule is CCOc1c(CC(N)=O)cc([C@@](O)(CNC(=O)c2cc(OC)c3nc(C)c(Cl)cc3c2)C(F)(F)F)nc1-c1cc(F)c(F)c(Cl)c1. The number of halogens is 7. The number of methoxy groups -OCH3 is 1. The van der Waals surface area contributed by atoms with Crippen LogP contribution in [0.3, 0.4) is 0 Å². The number of nitrogens with two attached hydrogens (primary N) is 1. The summed E-state index contributed by atoms with van der Waals surface area (Å²) in [6.45, 7) is 1.60. The van der Waals surface area contributed by atoms with Crippen LogP contribution in [0.25, 0.3) is 22.2 Å². The zero-order valence-electron chi connectivity index (χ0n) is 24.3. The molecule has 244 valence electrons. The summed E-state index contributed by atoms with van der Waals surface area (Å²) in [5, 5.41) is 13.1. The molecule has 0 aliphatic rings. The second-order valence-electron chi connectivity index (χ2n) is 10.0. The van der Waals surface area contributed by atoms with Gasteiger partial charge in [0, 0.05) is 22.1 Å².